The highest BCUT2D eigenvalue weighted by atomic mass is 35.5. The maximum Gasteiger partial charge on any atom is 0.417 e. The van der Waals surface area contributed by atoms with E-state index in [1.807, 2.05) is 0 Å². The summed E-state index contributed by atoms with van der Waals surface area (Å²) in [6, 6.07) is 9.54. The lowest BCUT2D eigenvalue weighted by atomic mass is 10.1. The molecule has 0 aliphatic rings. The predicted molar refractivity (Wildman–Crippen MR) is 93.5 cm³/mol. The lowest BCUT2D eigenvalue weighted by molar-refractivity contribution is -0.137. The maximum atomic E-state index is 13.0. The Morgan fingerprint density at radius 2 is 1.89 bits per heavy atom. The highest BCUT2D eigenvalue weighted by molar-refractivity contribution is 6.31. The number of furan rings is 1. The van der Waals surface area contributed by atoms with E-state index in [2.05, 4.69) is 15.5 Å². The average molecular weight is 394 g/mol. The molecular formula is C18H11ClF3N3O2. The number of alkyl halides is 3. The predicted octanol–water partition coefficient (Wildman–Crippen LogP) is 4.78. The molecule has 1 aromatic carbocycles. The van der Waals surface area contributed by atoms with Crippen molar-refractivity contribution in [2.75, 3.05) is 0 Å². The Balaban J connectivity index is 1.73. The van der Waals surface area contributed by atoms with Gasteiger partial charge >= 0.3 is 6.18 Å². The van der Waals surface area contributed by atoms with E-state index in [1.54, 1.807) is 0 Å². The van der Waals surface area contributed by atoms with E-state index in [9.17, 15) is 18.0 Å². The number of aromatic nitrogens is 1. The number of carbonyl (C=O) groups excluding carboxylic acids is 1. The highest BCUT2D eigenvalue weighted by Gasteiger charge is 2.33. The summed E-state index contributed by atoms with van der Waals surface area (Å²) in [5.41, 5.74) is 1.96. The van der Waals surface area contributed by atoms with Crippen LogP contribution in [0.1, 0.15) is 21.7 Å². The minimum absolute atomic E-state index is 0.207. The van der Waals surface area contributed by atoms with Crippen LogP contribution in [0, 0.1) is 0 Å². The summed E-state index contributed by atoms with van der Waals surface area (Å²) < 4.78 is 44.3. The van der Waals surface area contributed by atoms with Gasteiger partial charge in [0.25, 0.3) is 5.91 Å². The number of benzene rings is 1. The number of nitrogens with zero attached hydrogens (tertiary/aromatic N) is 2. The van der Waals surface area contributed by atoms with Crippen LogP contribution in [0.4, 0.5) is 13.2 Å². The molecule has 2 aromatic heterocycles. The molecule has 0 fully saturated rings. The molecule has 3 rings (SSSR count). The molecule has 0 spiro atoms. The summed E-state index contributed by atoms with van der Waals surface area (Å²) >= 11 is 5.61. The number of hydrazone groups is 1. The third kappa shape index (κ3) is 4.53. The van der Waals surface area contributed by atoms with Crippen LogP contribution in [-0.4, -0.2) is 17.1 Å². The Labute approximate surface area is 156 Å². The first-order valence-corrected chi connectivity index (χ1v) is 7.93. The van der Waals surface area contributed by atoms with Crippen LogP contribution < -0.4 is 5.43 Å². The molecule has 5 nitrogen and oxygen atoms in total. The van der Waals surface area contributed by atoms with Gasteiger partial charge in [-0.05, 0) is 42.5 Å². The second-order valence-electron chi connectivity index (χ2n) is 5.33. The molecular weight excluding hydrogens is 383 g/mol. The largest absolute Gasteiger partial charge is 0.455 e. The number of nitrogens with one attached hydrogen (secondary N) is 1. The molecule has 2 heterocycles. The van der Waals surface area contributed by atoms with E-state index in [-0.39, 0.29) is 17.1 Å². The standard InChI is InChI=1S/C18H11ClF3N3O2/c19-15-3-1-12(9-14(15)18(20,21)22)16-4-2-13(27-16)10-24-25-17(26)11-5-7-23-8-6-11/h1-10H,(H,25,26)/b24-10-. The zero-order valence-electron chi connectivity index (χ0n) is 13.5. The van der Waals surface area contributed by atoms with Crippen LogP contribution in [0.25, 0.3) is 11.3 Å². The number of carbonyl (C=O) groups is 1. The average Bonchev–Trinajstić information content (AvgIpc) is 3.10. The van der Waals surface area contributed by atoms with Crippen molar-refractivity contribution >= 4 is 23.7 Å². The topological polar surface area (TPSA) is 67.5 Å². The van der Waals surface area contributed by atoms with Crippen LogP contribution >= 0.6 is 11.6 Å². The van der Waals surface area contributed by atoms with Crippen molar-refractivity contribution < 1.29 is 22.4 Å². The first-order chi connectivity index (χ1) is 12.8. The molecule has 1 amide bonds. The fourth-order valence-electron chi connectivity index (χ4n) is 2.20. The van der Waals surface area contributed by atoms with Gasteiger partial charge in [0.05, 0.1) is 16.8 Å². The van der Waals surface area contributed by atoms with E-state index in [0.717, 1.165) is 12.1 Å². The molecule has 9 heteroatoms. The molecule has 0 saturated carbocycles. The van der Waals surface area contributed by atoms with E-state index in [1.165, 1.54) is 48.9 Å². The molecule has 0 aliphatic carbocycles. The lowest BCUT2D eigenvalue weighted by Gasteiger charge is -2.09. The minimum atomic E-state index is -4.57. The molecule has 1 N–H and O–H groups in total. The fourth-order valence-corrected chi connectivity index (χ4v) is 2.42. The Morgan fingerprint density at radius 3 is 2.59 bits per heavy atom. The Morgan fingerprint density at radius 1 is 1.15 bits per heavy atom. The second kappa shape index (κ2) is 7.63. The Kier molecular flexibility index (Phi) is 5.27. The fraction of sp³-hybridized carbons (Fsp3) is 0.0556. The van der Waals surface area contributed by atoms with E-state index >= 15 is 0 Å². The molecule has 0 radical (unpaired) electrons. The van der Waals surface area contributed by atoms with E-state index in [4.69, 9.17) is 16.0 Å². The quantitative estimate of drug-likeness (QED) is 0.512. The summed E-state index contributed by atoms with van der Waals surface area (Å²) in [5.74, 6) is 0.0237. The van der Waals surface area contributed by atoms with Gasteiger partial charge in [0.1, 0.15) is 11.5 Å². The van der Waals surface area contributed by atoms with Gasteiger partial charge in [-0.3, -0.25) is 9.78 Å². The van der Waals surface area contributed by atoms with Crippen molar-refractivity contribution in [3.05, 3.63) is 76.8 Å². The number of hydrogen-bond donors (Lipinski definition) is 1. The number of pyridine rings is 1. The SMILES string of the molecule is O=C(N/N=C\c1ccc(-c2ccc(Cl)c(C(F)(F)F)c2)o1)c1ccncc1. The smallest absolute Gasteiger partial charge is 0.417 e. The van der Waals surface area contributed by atoms with Crippen LogP contribution in [0.2, 0.25) is 5.02 Å². The summed E-state index contributed by atoms with van der Waals surface area (Å²) in [6.07, 6.45) is -0.387. The van der Waals surface area contributed by atoms with Crippen molar-refractivity contribution in [1.29, 1.82) is 0 Å². The number of rotatable bonds is 4. The van der Waals surface area contributed by atoms with Gasteiger partial charge in [0.15, 0.2) is 0 Å². The van der Waals surface area contributed by atoms with Crippen molar-refractivity contribution in [2.24, 2.45) is 5.10 Å². The summed E-state index contributed by atoms with van der Waals surface area (Å²) in [6.45, 7) is 0. The van der Waals surface area contributed by atoms with Gasteiger partial charge in [-0.25, -0.2) is 5.43 Å². The molecule has 27 heavy (non-hydrogen) atoms. The Bertz CT molecular complexity index is 985. The zero-order chi connectivity index (χ0) is 19.4. The first kappa shape index (κ1) is 18.7. The zero-order valence-corrected chi connectivity index (χ0v) is 14.3. The molecule has 0 atom stereocenters. The third-order valence-corrected chi connectivity index (χ3v) is 3.81. The van der Waals surface area contributed by atoms with Crippen LogP contribution in [0.5, 0.6) is 0 Å². The normalized spacial score (nSPS) is 11.7. The monoisotopic (exact) mass is 393 g/mol. The van der Waals surface area contributed by atoms with Gasteiger partial charge < -0.3 is 4.42 Å². The van der Waals surface area contributed by atoms with E-state index < -0.39 is 22.7 Å². The van der Waals surface area contributed by atoms with Crippen LogP contribution in [-0.2, 0) is 6.18 Å². The van der Waals surface area contributed by atoms with Crippen molar-refractivity contribution in [3.8, 4) is 11.3 Å². The minimum Gasteiger partial charge on any atom is -0.455 e. The molecule has 3 aromatic rings. The molecule has 0 aliphatic heterocycles. The molecule has 0 unspecified atom stereocenters. The van der Waals surface area contributed by atoms with Gasteiger partial charge in [0.2, 0.25) is 0 Å². The van der Waals surface area contributed by atoms with Gasteiger partial charge in [-0.2, -0.15) is 18.3 Å². The number of hydrogen-bond acceptors (Lipinski definition) is 4. The number of amides is 1. The summed E-state index contributed by atoms with van der Waals surface area (Å²) in [5, 5.41) is 3.37. The Hall–Kier alpha value is -3.13. The van der Waals surface area contributed by atoms with Gasteiger partial charge in [-0.1, -0.05) is 11.6 Å². The summed E-state index contributed by atoms with van der Waals surface area (Å²) in [7, 11) is 0. The lowest BCUT2D eigenvalue weighted by Crippen LogP contribution is -2.17. The second-order valence-corrected chi connectivity index (χ2v) is 5.74. The van der Waals surface area contributed by atoms with Crippen LogP contribution in [0.15, 0.2) is 64.4 Å². The maximum absolute atomic E-state index is 13.0. The van der Waals surface area contributed by atoms with Gasteiger partial charge in [0, 0.05) is 23.5 Å². The highest BCUT2D eigenvalue weighted by Crippen LogP contribution is 2.37. The third-order valence-electron chi connectivity index (χ3n) is 3.48. The number of halogens is 4. The molecule has 138 valence electrons. The van der Waals surface area contributed by atoms with Crippen molar-refractivity contribution in [3.63, 3.8) is 0 Å². The first-order valence-electron chi connectivity index (χ1n) is 7.55. The summed E-state index contributed by atoms with van der Waals surface area (Å²) in [4.78, 5) is 15.6. The molecule has 0 bridgehead atoms. The van der Waals surface area contributed by atoms with E-state index in [0.29, 0.717) is 5.56 Å². The molecule has 0 saturated heterocycles. The van der Waals surface area contributed by atoms with Crippen molar-refractivity contribution in [2.45, 2.75) is 6.18 Å². The van der Waals surface area contributed by atoms with Crippen molar-refractivity contribution in [1.82, 2.24) is 10.4 Å². The van der Waals surface area contributed by atoms with Crippen LogP contribution in [0.3, 0.4) is 0 Å². The van der Waals surface area contributed by atoms with Gasteiger partial charge in [-0.15, -0.1) is 0 Å².